The van der Waals surface area contributed by atoms with Crippen LogP contribution in [0.1, 0.15) is 88.8 Å². The van der Waals surface area contributed by atoms with E-state index in [0.717, 1.165) is 0 Å². The fourth-order valence-corrected chi connectivity index (χ4v) is 16.3. The highest BCUT2D eigenvalue weighted by Crippen LogP contribution is 2.51. The molecule has 0 aromatic heterocycles. The predicted molar refractivity (Wildman–Crippen MR) is 247 cm³/mol. The van der Waals surface area contributed by atoms with E-state index in [-0.39, 0.29) is 16.2 Å². The molecule has 10 rings (SSSR count). The Balaban J connectivity index is 1.28. The van der Waals surface area contributed by atoms with Gasteiger partial charge in [-0.2, -0.15) is 0 Å². The van der Waals surface area contributed by atoms with Crippen molar-refractivity contribution < 1.29 is 0 Å². The summed E-state index contributed by atoms with van der Waals surface area (Å²) in [5.41, 5.74) is 20.0. The normalized spacial score (nSPS) is 15.1. The van der Waals surface area contributed by atoms with Gasteiger partial charge in [0.2, 0.25) is 0 Å². The largest absolute Gasteiger partial charge is 0.310 e. The van der Waals surface area contributed by atoms with Crippen molar-refractivity contribution in [3.63, 3.8) is 0 Å². The maximum absolute atomic E-state index is 2.78. The van der Waals surface area contributed by atoms with E-state index in [1.54, 1.807) is 0 Å². The smallest absolute Gasteiger partial charge is 0.182 e. The molecule has 0 unspecified atom stereocenters. The average molecular weight is 756 g/mol. The summed E-state index contributed by atoms with van der Waals surface area (Å²) in [5, 5.41) is 6.09. The highest BCUT2D eigenvalue weighted by atomic mass is 28.3. The molecule has 0 N–H and O–H groups in total. The number of rotatable bonds is 3. The van der Waals surface area contributed by atoms with Crippen LogP contribution in [0.2, 0.25) is 0 Å². The summed E-state index contributed by atoms with van der Waals surface area (Å²) in [7, 11) is -2.78. The van der Waals surface area contributed by atoms with E-state index in [1.165, 1.54) is 105 Å². The highest BCUT2D eigenvalue weighted by Gasteiger charge is 2.54. The number of hydrogen-bond donors (Lipinski definition) is 0. The SMILES string of the molecule is Cc1ccc(N(c2ccc3c(c2)-c2ccccc2C3(C)C)c2ccc3c(c2)[Si]2(c4ccccc4-3)c3cc(C(C)(C)C)ccc3-c3ccc(C(C)(C)C)cc32)c(C)c1. The average Bonchev–Trinajstić information content (AvgIpc) is 3.73. The second kappa shape index (κ2) is 12.0. The Bertz CT molecular complexity index is 2760. The molecule has 0 atom stereocenters. The van der Waals surface area contributed by atoms with Crippen LogP contribution in [-0.4, -0.2) is 8.07 Å². The maximum Gasteiger partial charge on any atom is 0.182 e. The molecule has 1 nitrogen and oxygen atoms in total. The molecule has 1 aliphatic carbocycles. The predicted octanol–water partition coefficient (Wildman–Crippen LogP) is 12.0. The lowest BCUT2D eigenvalue weighted by molar-refractivity contribution is 0.590. The van der Waals surface area contributed by atoms with E-state index in [1.807, 2.05) is 0 Å². The van der Waals surface area contributed by atoms with Gasteiger partial charge in [-0.25, -0.2) is 0 Å². The quantitative estimate of drug-likeness (QED) is 0.162. The van der Waals surface area contributed by atoms with Gasteiger partial charge < -0.3 is 4.90 Å². The van der Waals surface area contributed by atoms with Crippen molar-refractivity contribution in [1.29, 1.82) is 0 Å². The van der Waals surface area contributed by atoms with Crippen molar-refractivity contribution in [2.24, 2.45) is 0 Å². The lowest BCUT2D eigenvalue weighted by Crippen LogP contribution is -2.71. The summed E-state index contributed by atoms with van der Waals surface area (Å²) >= 11 is 0. The van der Waals surface area contributed by atoms with E-state index >= 15 is 0 Å². The molecule has 1 spiro atoms. The molecule has 7 aromatic rings. The third-order valence-corrected chi connectivity index (χ3v) is 18.5. The molecule has 2 heterocycles. The second-order valence-electron chi connectivity index (χ2n) is 19.6. The molecule has 282 valence electrons. The van der Waals surface area contributed by atoms with Crippen molar-refractivity contribution in [1.82, 2.24) is 0 Å². The van der Waals surface area contributed by atoms with Crippen LogP contribution in [0.25, 0.3) is 33.4 Å². The first kappa shape index (κ1) is 35.9. The molecule has 0 amide bonds. The molecule has 0 fully saturated rings. The molecule has 0 saturated heterocycles. The van der Waals surface area contributed by atoms with Crippen LogP contribution >= 0.6 is 0 Å². The zero-order valence-corrected chi connectivity index (χ0v) is 36.2. The van der Waals surface area contributed by atoms with E-state index in [2.05, 4.69) is 214 Å². The minimum Gasteiger partial charge on any atom is -0.310 e. The molecule has 7 aromatic carbocycles. The topological polar surface area (TPSA) is 3.24 Å². The van der Waals surface area contributed by atoms with E-state index in [0.29, 0.717) is 0 Å². The first-order valence-electron chi connectivity index (χ1n) is 20.8. The zero-order chi connectivity index (χ0) is 39.8. The Morgan fingerprint density at radius 3 is 1.58 bits per heavy atom. The first-order valence-corrected chi connectivity index (χ1v) is 22.8. The Kier molecular flexibility index (Phi) is 7.59. The van der Waals surface area contributed by atoms with Gasteiger partial charge in [0, 0.05) is 22.5 Å². The number of aryl methyl sites for hydroxylation is 2. The number of fused-ring (bicyclic) bond motifs is 13. The van der Waals surface area contributed by atoms with Crippen LogP contribution in [0.3, 0.4) is 0 Å². The van der Waals surface area contributed by atoms with Crippen molar-refractivity contribution in [3.05, 3.63) is 173 Å². The minimum atomic E-state index is -2.78. The summed E-state index contributed by atoms with van der Waals surface area (Å²) in [5.74, 6) is 0. The molecular formula is C55H53NSi. The number of anilines is 3. The molecule has 0 bridgehead atoms. The van der Waals surface area contributed by atoms with Gasteiger partial charge in [-0.3, -0.25) is 0 Å². The van der Waals surface area contributed by atoms with Crippen LogP contribution < -0.4 is 25.6 Å². The van der Waals surface area contributed by atoms with Crippen molar-refractivity contribution in [3.8, 4) is 33.4 Å². The molecular weight excluding hydrogens is 703 g/mol. The highest BCUT2D eigenvalue weighted by molar-refractivity contribution is 7.24. The van der Waals surface area contributed by atoms with Crippen LogP contribution in [0.4, 0.5) is 17.1 Å². The van der Waals surface area contributed by atoms with Gasteiger partial charge in [-0.15, -0.1) is 0 Å². The minimum absolute atomic E-state index is 0.0271. The van der Waals surface area contributed by atoms with Gasteiger partial charge in [0.15, 0.2) is 8.07 Å². The Labute approximate surface area is 341 Å². The molecule has 57 heavy (non-hydrogen) atoms. The Morgan fingerprint density at radius 2 is 0.947 bits per heavy atom. The molecule has 0 saturated carbocycles. The monoisotopic (exact) mass is 755 g/mol. The van der Waals surface area contributed by atoms with Crippen LogP contribution in [0, 0.1) is 13.8 Å². The van der Waals surface area contributed by atoms with E-state index in [9.17, 15) is 0 Å². The van der Waals surface area contributed by atoms with Crippen LogP contribution in [-0.2, 0) is 16.2 Å². The van der Waals surface area contributed by atoms with Crippen LogP contribution in [0.15, 0.2) is 140 Å². The lowest BCUT2D eigenvalue weighted by atomic mass is 9.82. The lowest BCUT2D eigenvalue weighted by Gasteiger charge is -2.32. The summed E-state index contributed by atoms with van der Waals surface area (Å²) in [6, 6.07) is 54.9. The molecule has 2 heteroatoms. The number of hydrogen-bond acceptors (Lipinski definition) is 1. The number of nitrogens with zero attached hydrogens (tertiary/aromatic N) is 1. The van der Waals surface area contributed by atoms with Gasteiger partial charge in [0.05, 0.1) is 0 Å². The summed E-state index contributed by atoms with van der Waals surface area (Å²) < 4.78 is 0. The van der Waals surface area contributed by atoms with Crippen LogP contribution in [0.5, 0.6) is 0 Å². The van der Waals surface area contributed by atoms with E-state index in [4.69, 9.17) is 0 Å². The third kappa shape index (κ3) is 5.06. The Hall–Kier alpha value is -5.44. The third-order valence-electron chi connectivity index (χ3n) is 13.6. The van der Waals surface area contributed by atoms with Crippen molar-refractivity contribution in [2.45, 2.75) is 85.5 Å². The van der Waals surface area contributed by atoms with Gasteiger partial charge in [-0.05, 0) is 137 Å². The summed E-state index contributed by atoms with van der Waals surface area (Å²) in [4.78, 5) is 2.54. The van der Waals surface area contributed by atoms with Gasteiger partial charge in [0.25, 0.3) is 0 Å². The standard InChI is InChI=1S/C55H53NSi/c1-34-19-28-48(35(2)29-34)56(38-23-27-47-45(32-38)40-15-11-13-17-46(40)55(47,9)10)39-22-26-44-41-16-12-14-18-49(41)57(52(44)33-39)50-30-36(53(3,4)5)20-24-42(50)43-25-21-37(31-51(43)57)54(6,7)8/h11-33H,1-10H3. The maximum atomic E-state index is 2.61. The second-order valence-corrected chi connectivity index (χ2v) is 23.2. The van der Waals surface area contributed by atoms with Gasteiger partial charge in [0.1, 0.15) is 0 Å². The van der Waals surface area contributed by atoms with Gasteiger partial charge in [-0.1, -0.05) is 170 Å². The zero-order valence-electron chi connectivity index (χ0n) is 35.2. The molecule has 2 aliphatic heterocycles. The Morgan fingerprint density at radius 1 is 0.439 bits per heavy atom. The molecule has 3 aliphatic rings. The summed E-state index contributed by atoms with van der Waals surface area (Å²) in [6.07, 6.45) is 0. The fraction of sp³-hybridized carbons (Fsp3) is 0.236. The number of benzene rings is 7. The first-order chi connectivity index (χ1) is 27.1. The van der Waals surface area contributed by atoms with E-state index < -0.39 is 8.07 Å². The summed E-state index contributed by atoms with van der Waals surface area (Å²) in [6.45, 7) is 23.3. The van der Waals surface area contributed by atoms with Gasteiger partial charge >= 0.3 is 0 Å². The molecule has 0 radical (unpaired) electrons. The van der Waals surface area contributed by atoms with Crippen molar-refractivity contribution >= 4 is 45.9 Å². The fourth-order valence-electron chi connectivity index (χ4n) is 10.6. The van der Waals surface area contributed by atoms with Crippen molar-refractivity contribution in [2.75, 3.05) is 4.90 Å².